The number of hydrogen-bond donors (Lipinski definition) is 1. The fourth-order valence-electron chi connectivity index (χ4n) is 1.06. The smallest absolute Gasteiger partial charge is 0.291 e. The van der Waals surface area contributed by atoms with E-state index in [2.05, 4.69) is 4.52 Å². The summed E-state index contributed by atoms with van der Waals surface area (Å²) >= 11 is 0. The van der Waals surface area contributed by atoms with Crippen LogP contribution in [-0.2, 0) is 0 Å². The van der Waals surface area contributed by atoms with Gasteiger partial charge in [0.1, 0.15) is 5.39 Å². The Morgan fingerprint density at radius 2 is 1.50 bits per heavy atom. The molecule has 0 bridgehead atoms. The van der Waals surface area contributed by atoms with E-state index in [1.54, 1.807) is 5.16 Å². The van der Waals surface area contributed by atoms with E-state index in [1.165, 1.54) is 0 Å². The Morgan fingerprint density at radius 3 is 2.14 bits per heavy atom. The number of fused-ring (bicyclic) bond motifs is 1. The zero-order valence-corrected chi connectivity index (χ0v) is 6.33. The van der Waals surface area contributed by atoms with Gasteiger partial charge in [-0.15, -0.1) is 0 Å². The highest BCUT2D eigenvalue weighted by Crippen LogP contribution is 2.23. The molecule has 0 amide bonds. The summed E-state index contributed by atoms with van der Waals surface area (Å²) in [7, 11) is 0. The maximum atomic E-state index is 12.9. The predicted octanol–water partition coefficient (Wildman–Crippen LogP) is 1.68. The molecule has 1 aromatic carbocycles. The minimum absolute atomic E-state index is 0.966. The Kier molecular flexibility index (Phi) is 1.63. The fourth-order valence-corrected chi connectivity index (χ4v) is 1.06. The topological polar surface area (TPSA) is 46.0 Å². The van der Waals surface area contributed by atoms with Crippen molar-refractivity contribution in [3.8, 4) is 0 Å². The van der Waals surface area contributed by atoms with Gasteiger partial charge in [0.25, 0.3) is 5.56 Å². The van der Waals surface area contributed by atoms with E-state index < -0.39 is 39.8 Å². The second-order valence-electron chi connectivity index (χ2n) is 2.49. The zero-order chi connectivity index (χ0) is 10.5. The molecule has 0 spiro atoms. The molecule has 0 fully saturated rings. The molecular weight excluding hydrogens is 206 g/mol. The standard InChI is InChI=1S/C7HF4NO2/c8-2-1-6(14-12-7(1)13)5(11)4(10)3(2)9/h(H,12,13). The number of benzene rings is 1. The highest BCUT2D eigenvalue weighted by atomic mass is 19.2. The monoisotopic (exact) mass is 207 g/mol. The van der Waals surface area contributed by atoms with Gasteiger partial charge in [-0.1, -0.05) is 0 Å². The molecule has 0 atom stereocenters. The maximum Gasteiger partial charge on any atom is 0.291 e. The van der Waals surface area contributed by atoms with Crippen LogP contribution >= 0.6 is 0 Å². The fraction of sp³-hybridized carbons (Fsp3) is 0. The van der Waals surface area contributed by atoms with Crippen molar-refractivity contribution >= 4 is 11.0 Å². The number of aromatic nitrogens is 1. The number of H-pyrrole nitrogens is 1. The highest BCUT2D eigenvalue weighted by Gasteiger charge is 2.25. The van der Waals surface area contributed by atoms with Crippen molar-refractivity contribution in [2.45, 2.75) is 0 Å². The molecule has 0 aliphatic heterocycles. The van der Waals surface area contributed by atoms with E-state index in [4.69, 9.17) is 0 Å². The van der Waals surface area contributed by atoms with E-state index in [1.807, 2.05) is 0 Å². The lowest BCUT2D eigenvalue weighted by atomic mass is 10.2. The number of nitrogens with one attached hydrogen (secondary N) is 1. The molecule has 0 aliphatic carbocycles. The van der Waals surface area contributed by atoms with E-state index in [-0.39, 0.29) is 0 Å². The molecule has 0 unspecified atom stereocenters. The van der Waals surface area contributed by atoms with Gasteiger partial charge in [-0.25, -0.2) is 13.2 Å². The molecule has 2 rings (SSSR count). The first kappa shape index (κ1) is 8.79. The summed E-state index contributed by atoms with van der Waals surface area (Å²) in [5.41, 5.74) is -2.12. The number of aromatic amines is 1. The van der Waals surface area contributed by atoms with E-state index in [0.29, 0.717) is 0 Å². The summed E-state index contributed by atoms with van der Waals surface area (Å²) in [5.74, 6) is -7.56. The molecule has 7 heteroatoms. The van der Waals surface area contributed by atoms with Crippen LogP contribution in [0, 0.1) is 23.3 Å². The molecule has 0 saturated carbocycles. The van der Waals surface area contributed by atoms with Crippen LogP contribution in [0.1, 0.15) is 0 Å². The normalized spacial score (nSPS) is 11.1. The minimum atomic E-state index is -2.04. The van der Waals surface area contributed by atoms with Gasteiger partial charge in [0.05, 0.1) is 0 Å². The molecule has 1 aromatic heterocycles. The van der Waals surface area contributed by atoms with Crippen molar-refractivity contribution in [1.82, 2.24) is 5.16 Å². The van der Waals surface area contributed by atoms with E-state index in [9.17, 15) is 22.4 Å². The third kappa shape index (κ3) is 0.889. The molecular formula is C7HF4NO2. The van der Waals surface area contributed by atoms with Crippen molar-refractivity contribution < 1.29 is 22.1 Å². The van der Waals surface area contributed by atoms with Crippen LogP contribution in [0.3, 0.4) is 0 Å². The third-order valence-electron chi connectivity index (χ3n) is 1.70. The van der Waals surface area contributed by atoms with Crippen LogP contribution in [-0.4, -0.2) is 5.16 Å². The number of rotatable bonds is 0. The van der Waals surface area contributed by atoms with E-state index >= 15 is 0 Å². The summed E-state index contributed by atoms with van der Waals surface area (Å²) in [6, 6.07) is 0. The minimum Gasteiger partial charge on any atom is -0.375 e. The first-order valence-electron chi connectivity index (χ1n) is 3.37. The van der Waals surface area contributed by atoms with Crippen LogP contribution in [0.15, 0.2) is 9.32 Å². The molecule has 14 heavy (non-hydrogen) atoms. The number of hydrogen-bond acceptors (Lipinski definition) is 2. The van der Waals surface area contributed by atoms with Gasteiger partial charge in [-0.05, 0) is 0 Å². The summed E-state index contributed by atoms with van der Waals surface area (Å²) in [5, 5.41) is 0.598. The Labute approximate surface area is 72.9 Å². The molecule has 0 radical (unpaired) electrons. The first-order chi connectivity index (χ1) is 6.54. The van der Waals surface area contributed by atoms with Crippen molar-refractivity contribution in [3.63, 3.8) is 0 Å². The lowest BCUT2D eigenvalue weighted by Crippen LogP contribution is -2.04. The summed E-state index contributed by atoms with van der Waals surface area (Å²) < 4.78 is 55.0. The average molecular weight is 207 g/mol. The van der Waals surface area contributed by atoms with Crippen LogP contribution in [0.4, 0.5) is 17.6 Å². The Hall–Kier alpha value is -1.79. The zero-order valence-electron chi connectivity index (χ0n) is 6.33. The molecule has 74 valence electrons. The van der Waals surface area contributed by atoms with Gasteiger partial charge in [0.15, 0.2) is 11.6 Å². The Bertz CT molecular complexity index is 571. The van der Waals surface area contributed by atoms with Gasteiger partial charge >= 0.3 is 0 Å². The summed E-state index contributed by atoms with van der Waals surface area (Å²) in [6.45, 7) is 0. The van der Waals surface area contributed by atoms with Crippen molar-refractivity contribution in [3.05, 3.63) is 33.6 Å². The first-order valence-corrected chi connectivity index (χ1v) is 3.37. The molecule has 0 saturated heterocycles. The number of halogens is 4. The van der Waals surface area contributed by atoms with E-state index in [0.717, 1.165) is 0 Å². The molecule has 1 heterocycles. The lowest BCUT2D eigenvalue weighted by molar-refractivity contribution is 0.394. The predicted molar refractivity (Wildman–Crippen MR) is 36.7 cm³/mol. The summed E-state index contributed by atoms with van der Waals surface area (Å²) in [4.78, 5) is 10.8. The molecule has 3 nitrogen and oxygen atoms in total. The van der Waals surface area contributed by atoms with Gasteiger partial charge < -0.3 is 4.52 Å². The van der Waals surface area contributed by atoms with Gasteiger partial charge in [-0.3, -0.25) is 4.79 Å². The second kappa shape index (κ2) is 2.60. The van der Waals surface area contributed by atoms with Gasteiger partial charge in [-0.2, -0.15) is 9.55 Å². The van der Waals surface area contributed by atoms with Crippen LogP contribution in [0.5, 0.6) is 0 Å². The van der Waals surface area contributed by atoms with Crippen LogP contribution in [0.2, 0.25) is 0 Å². The van der Waals surface area contributed by atoms with Gasteiger partial charge in [0, 0.05) is 0 Å². The maximum absolute atomic E-state index is 12.9. The second-order valence-corrected chi connectivity index (χ2v) is 2.49. The molecule has 0 aliphatic rings. The van der Waals surface area contributed by atoms with Crippen LogP contribution < -0.4 is 5.56 Å². The molecule has 1 N–H and O–H groups in total. The lowest BCUT2D eigenvalue weighted by Gasteiger charge is -1.96. The highest BCUT2D eigenvalue weighted by molar-refractivity contribution is 5.77. The summed E-state index contributed by atoms with van der Waals surface area (Å²) in [6.07, 6.45) is 0. The van der Waals surface area contributed by atoms with Crippen molar-refractivity contribution in [2.24, 2.45) is 0 Å². The quantitative estimate of drug-likeness (QED) is 0.405. The average Bonchev–Trinajstić information content (AvgIpc) is 2.54. The molecule has 2 aromatic rings. The Morgan fingerprint density at radius 1 is 0.929 bits per heavy atom. The third-order valence-corrected chi connectivity index (χ3v) is 1.70. The SMILES string of the molecule is O=c1[nH]oc2c(F)c(F)c(F)c(F)c12. The van der Waals surface area contributed by atoms with Crippen molar-refractivity contribution in [1.29, 1.82) is 0 Å². The van der Waals surface area contributed by atoms with Crippen LogP contribution in [0.25, 0.3) is 11.0 Å². The largest absolute Gasteiger partial charge is 0.375 e. The Balaban J connectivity index is 3.13. The van der Waals surface area contributed by atoms with Gasteiger partial charge in [0.2, 0.25) is 17.2 Å². The van der Waals surface area contributed by atoms with Crippen molar-refractivity contribution in [2.75, 3.05) is 0 Å².